The second kappa shape index (κ2) is 4.85. The molecule has 1 atom stereocenters. The first kappa shape index (κ1) is 13.9. The van der Waals surface area contributed by atoms with Crippen molar-refractivity contribution in [1.29, 1.82) is 0 Å². The average Bonchev–Trinajstić information content (AvgIpc) is 2.27. The van der Waals surface area contributed by atoms with Crippen molar-refractivity contribution in [3.8, 4) is 0 Å². The molecule has 0 aliphatic carbocycles. The van der Waals surface area contributed by atoms with Gasteiger partial charge in [-0.3, -0.25) is 4.79 Å². The summed E-state index contributed by atoms with van der Waals surface area (Å²) in [6, 6.07) is 5.00. The number of nitrogen functional groups attached to an aromatic ring is 1. The number of rotatable bonds is 1. The highest BCUT2D eigenvalue weighted by Gasteiger charge is 2.32. The molecule has 0 saturated carbocycles. The fourth-order valence-corrected chi connectivity index (χ4v) is 3.98. The summed E-state index contributed by atoms with van der Waals surface area (Å²) in [6.07, 6.45) is 0. The van der Waals surface area contributed by atoms with Gasteiger partial charge in [0.05, 0.1) is 17.1 Å². The molecular formula is C13H18N2O3S. The van der Waals surface area contributed by atoms with Crippen molar-refractivity contribution >= 4 is 21.4 Å². The number of aryl methyl sites for hydroxylation is 1. The van der Waals surface area contributed by atoms with Crippen LogP contribution >= 0.6 is 0 Å². The van der Waals surface area contributed by atoms with Crippen molar-refractivity contribution in [3.63, 3.8) is 0 Å². The van der Waals surface area contributed by atoms with Crippen molar-refractivity contribution in [2.45, 2.75) is 19.9 Å². The largest absolute Gasteiger partial charge is 0.398 e. The molecule has 0 radical (unpaired) electrons. The summed E-state index contributed by atoms with van der Waals surface area (Å²) in [4.78, 5) is 14.1. The van der Waals surface area contributed by atoms with Crippen LogP contribution in [-0.2, 0) is 9.84 Å². The highest BCUT2D eigenvalue weighted by Crippen LogP contribution is 2.22. The predicted molar refractivity (Wildman–Crippen MR) is 74.7 cm³/mol. The molecule has 2 rings (SSSR count). The lowest BCUT2D eigenvalue weighted by Crippen LogP contribution is -2.50. The number of carbonyl (C=O) groups excluding carboxylic acids is 1. The molecule has 19 heavy (non-hydrogen) atoms. The summed E-state index contributed by atoms with van der Waals surface area (Å²) < 4.78 is 23.1. The Morgan fingerprint density at radius 1 is 1.42 bits per heavy atom. The van der Waals surface area contributed by atoms with Gasteiger partial charge in [0, 0.05) is 18.3 Å². The monoisotopic (exact) mass is 282 g/mol. The van der Waals surface area contributed by atoms with Crippen LogP contribution in [0.5, 0.6) is 0 Å². The van der Waals surface area contributed by atoms with Crippen molar-refractivity contribution in [1.82, 2.24) is 4.90 Å². The van der Waals surface area contributed by atoms with Gasteiger partial charge in [-0.15, -0.1) is 0 Å². The van der Waals surface area contributed by atoms with E-state index in [0.29, 0.717) is 11.3 Å². The zero-order valence-corrected chi connectivity index (χ0v) is 11.9. The summed E-state index contributed by atoms with van der Waals surface area (Å²) >= 11 is 0. The van der Waals surface area contributed by atoms with E-state index in [4.69, 9.17) is 5.73 Å². The van der Waals surface area contributed by atoms with Gasteiger partial charge < -0.3 is 10.6 Å². The van der Waals surface area contributed by atoms with Crippen molar-refractivity contribution in [2.24, 2.45) is 0 Å². The molecule has 0 bridgehead atoms. The summed E-state index contributed by atoms with van der Waals surface area (Å²) in [6.45, 7) is 3.81. The molecule has 6 heteroatoms. The fraction of sp³-hybridized carbons (Fsp3) is 0.462. The zero-order chi connectivity index (χ0) is 14.2. The van der Waals surface area contributed by atoms with Gasteiger partial charge in [-0.2, -0.15) is 0 Å². The highest BCUT2D eigenvalue weighted by atomic mass is 32.2. The van der Waals surface area contributed by atoms with Gasteiger partial charge in [-0.05, 0) is 25.5 Å². The maximum atomic E-state index is 12.5. The van der Waals surface area contributed by atoms with Crippen LogP contribution in [-0.4, -0.2) is 43.3 Å². The second-order valence-corrected chi connectivity index (χ2v) is 7.23. The van der Waals surface area contributed by atoms with E-state index >= 15 is 0 Å². The molecule has 1 aromatic carbocycles. The molecule has 1 aliphatic heterocycles. The minimum Gasteiger partial charge on any atom is -0.398 e. The first-order valence-corrected chi connectivity index (χ1v) is 8.00. The minimum atomic E-state index is -3.03. The number of carbonyl (C=O) groups is 1. The molecule has 0 aromatic heterocycles. The Morgan fingerprint density at radius 3 is 2.68 bits per heavy atom. The van der Waals surface area contributed by atoms with Gasteiger partial charge in [0.15, 0.2) is 9.84 Å². The van der Waals surface area contributed by atoms with Crippen LogP contribution in [0.15, 0.2) is 18.2 Å². The Labute approximate surface area is 113 Å². The number of sulfone groups is 1. The number of hydrogen-bond donors (Lipinski definition) is 1. The van der Waals surface area contributed by atoms with E-state index in [1.54, 1.807) is 24.0 Å². The SMILES string of the molecule is Cc1cccc(N)c1C(=O)N1CCS(=O)(=O)CC1C. The number of hydrogen-bond acceptors (Lipinski definition) is 4. The Kier molecular flexibility index (Phi) is 3.54. The minimum absolute atomic E-state index is 0.0184. The van der Waals surface area contributed by atoms with E-state index in [2.05, 4.69) is 0 Å². The molecule has 1 fully saturated rings. The normalized spacial score (nSPS) is 22.2. The summed E-state index contributed by atoms with van der Waals surface area (Å²) in [5.74, 6) is -0.141. The standard InChI is InChI=1S/C13H18N2O3S/c1-9-4-3-5-11(14)12(9)13(16)15-6-7-19(17,18)8-10(15)2/h3-5,10H,6-8,14H2,1-2H3. The maximum Gasteiger partial charge on any atom is 0.256 e. The molecule has 1 aliphatic rings. The topological polar surface area (TPSA) is 80.5 Å². The molecule has 104 valence electrons. The van der Waals surface area contributed by atoms with Crippen LogP contribution in [0.4, 0.5) is 5.69 Å². The van der Waals surface area contributed by atoms with Crippen LogP contribution in [0.1, 0.15) is 22.8 Å². The average molecular weight is 282 g/mol. The molecular weight excluding hydrogens is 264 g/mol. The number of benzene rings is 1. The van der Waals surface area contributed by atoms with E-state index < -0.39 is 9.84 Å². The van der Waals surface area contributed by atoms with Crippen molar-refractivity contribution in [3.05, 3.63) is 29.3 Å². The fourth-order valence-electron chi connectivity index (χ4n) is 2.43. The lowest BCUT2D eigenvalue weighted by molar-refractivity contribution is 0.0713. The smallest absolute Gasteiger partial charge is 0.256 e. The van der Waals surface area contributed by atoms with E-state index in [9.17, 15) is 13.2 Å². The van der Waals surface area contributed by atoms with Crippen LogP contribution in [0, 0.1) is 6.92 Å². The zero-order valence-electron chi connectivity index (χ0n) is 11.1. The molecule has 1 saturated heterocycles. The van der Waals surface area contributed by atoms with E-state index in [1.807, 2.05) is 13.0 Å². The van der Waals surface area contributed by atoms with Crippen LogP contribution in [0.2, 0.25) is 0 Å². The van der Waals surface area contributed by atoms with E-state index in [-0.39, 0.29) is 30.0 Å². The summed E-state index contributed by atoms with van der Waals surface area (Å²) in [7, 11) is -3.03. The van der Waals surface area contributed by atoms with Crippen LogP contribution in [0.3, 0.4) is 0 Å². The first-order valence-electron chi connectivity index (χ1n) is 6.18. The van der Waals surface area contributed by atoms with E-state index in [0.717, 1.165) is 5.56 Å². The third-order valence-corrected chi connectivity index (χ3v) is 5.24. The number of anilines is 1. The van der Waals surface area contributed by atoms with Gasteiger partial charge in [0.1, 0.15) is 0 Å². The quantitative estimate of drug-likeness (QED) is 0.774. The Bertz CT molecular complexity index is 590. The molecule has 1 aromatic rings. The van der Waals surface area contributed by atoms with Crippen LogP contribution < -0.4 is 5.73 Å². The Morgan fingerprint density at radius 2 is 2.11 bits per heavy atom. The number of nitrogens with two attached hydrogens (primary N) is 1. The number of amides is 1. The molecule has 1 heterocycles. The van der Waals surface area contributed by atoms with Crippen LogP contribution in [0.25, 0.3) is 0 Å². The molecule has 5 nitrogen and oxygen atoms in total. The third kappa shape index (κ3) is 2.73. The Balaban J connectivity index is 2.31. The number of nitrogens with zero attached hydrogens (tertiary/aromatic N) is 1. The predicted octanol–water partition coefficient (Wildman–Crippen LogP) is 0.836. The summed E-state index contributed by atoms with van der Waals surface area (Å²) in [5.41, 5.74) is 7.59. The van der Waals surface area contributed by atoms with Gasteiger partial charge in [-0.25, -0.2) is 8.42 Å². The molecule has 0 spiro atoms. The Hall–Kier alpha value is -1.56. The molecule has 2 N–H and O–H groups in total. The maximum absolute atomic E-state index is 12.5. The highest BCUT2D eigenvalue weighted by molar-refractivity contribution is 7.91. The third-order valence-electron chi connectivity index (χ3n) is 3.45. The molecule has 1 unspecified atom stereocenters. The van der Waals surface area contributed by atoms with Crippen molar-refractivity contribution < 1.29 is 13.2 Å². The van der Waals surface area contributed by atoms with Crippen molar-refractivity contribution in [2.75, 3.05) is 23.8 Å². The lowest BCUT2D eigenvalue weighted by atomic mass is 10.0. The van der Waals surface area contributed by atoms with Gasteiger partial charge >= 0.3 is 0 Å². The first-order chi connectivity index (χ1) is 8.82. The van der Waals surface area contributed by atoms with Gasteiger partial charge in [0.2, 0.25) is 0 Å². The van der Waals surface area contributed by atoms with Gasteiger partial charge in [0.25, 0.3) is 5.91 Å². The molecule has 1 amide bonds. The second-order valence-electron chi connectivity index (χ2n) is 5.00. The summed E-state index contributed by atoms with van der Waals surface area (Å²) in [5, 5.41) is 0. The van der Waals surface area contributed by atoms with Gasteiger partial charge in [-0.1, -0.05) is 12.1 Å². The lowest BCUT2D eigenvalue weighted by Gasteiger charge is -2.33. The van der Waals surface area contributed by atoms with E-state index in [1.165, 1.54) is 0 Å².